The number of nitrogens with zero attached hydrogens (tertiary/aromatic N) is 4. The maximum absolute atomic E-state index is 12.9. The fourth-order valence-corrected chi connectivity index (χ4v) is 4.91. The largest absolute Gasteiger partial charge is 0.388 e. The lowest BCUT2D eigenvalue weighted by atomic mass is 9.91. The molecule has 1 N–H and O–H groups in total. The van der Waals surface area contributed by atoms with Gasteiger partial charge in [0.25, 0.3) is 11.5 Å². The van der Waals surface area contributed by atoms with Gasteiger partial charge in [-0.25, -0.2) is 4.98 Å². The SMILES string of the molecule is CCCc1cc(C(=O)N2CCC(O)(Cn3cnc4sc(C)c(C)c4c3=O)CC2)no1. The van der Waals surface area contributed by atoms with Gasteiger partial charge in [0.1, 0.15) is 10.6 Å². The quantitative estimate of drug-likeness (QED) is 0.668. The Bertz CT molecular complexity index is 1140. The van der Waals surface area contributed by atoms with Crippen LogP contribution in [0.15, 0.2) is 21.7 Å². The van der Waals surface area contributed by atoms with Gasteiger partial charge in [-0.05, 0) is 38.7 Å². The van der Waals surface area contributed by atoms with Gasteiger partial charge in [-0.2, -0.15) is 0 Å². The number of carbonyl (C=O) groups is 1. The Balaban J connectivity index is 1.45. The lowest BCUT2D eigenvalue weighted by Crippen LogP contribution is -2.49. The Morgan fingerprint density at radius 2 is 2.07 bits per heavy atom. The molecule has 0 radical (unpaired) electrons. The molecule has 3 aromatic rings. The average molecular weight is 431 g/mol. The maximum atomic E-state index is 12.9. The zero-order valence-corrected chi connectivity index (χ0v) is 18.3. The third kappa shape index (κ3) is 3.79. The fourth-order valence-electron chi connectivity index (χ4n) is 3.92. The highest BCUT2D eigenvalue weighted by Gasteiger charge is 2.35. The number of thiophene rings is 1. The summed E-state index contributed by atoms with van der Waals surface area (Å²) in [5.41, 5.74) is 0.0637. The highest BCUT2D eigenvalue weighted by Crippen LogP contribution is 2.27. The molecule has 1 amide bonds. The van der Waals surface area contributed by atoms with Crippen LogP contribution in [0.25, 0.3) is 10.2 Å². The molecule has 3 aromatic heterocycles. The van der Waals surface area contributed by atoms with E-state index in [1.165, 1.54) is 22.2 Å². The van der Waals surface area contributed by atoms with Crippen molar-refractivity contribution in [2.45, 2.75) is 58.6 Å². The number of amides is 1. The first-order valence-electron chi connectivity index (χ1n) is 10.2. The third-order valence-electron chi connectivity index (χ3n) is 5.88. The van der Waals surface area contributed by atoms with E-state index in [-0.39, 0.29) is 18.0 Å². The summed E-state index contributed by atoms with van der Waals surface area (Å²) < 4.78 is 6.70. The van der Waals surface area contributed by atoms with Gasteiger partial charge in [-0.1, -0.05) is 12.1 Å². The number of aromatic nitrogens is 3. The molecule has 0 bridgehead atoms. The Kier molecular flexibility index (Phi) is 5.50. The standard InChI is InChI=1S/C21H26N4O4S/c1-4-5-15-10-16(23-29-15)19(26)24-8-6-21(28,7-9-24)11-25-12-22-18-17(20(25)27)13(2)14(3)30-18/h10,12,28H,4-9,11H2,1-3H3. The summed E-state index contributed by atoms with van der Waals surface area (Å²) in [6, 6.07) is 1.69. The molecule has 4 rings (SSSR count). The minimum Gasteiger partial charge on any atom is -0.388 e. The van der Waals surface area contributed by atoms with Crippen molar-refractivity contribution < 1.29 is 14.4 Å². The van der Waals surface area contributed by atoms with Crippen LogP contribution in [0.5, 0.6) is 0 Å². The lowest BCUT2D eigenvalue weighted by Gasteiger charge is -2.38. The fraction of sp³-hybridized carbons (Fsp3) is 0.524. The molecule has 160 valence electrons. The van der Waals surface area contributed by atoms with Gasteiger partial charge in [0.05, 0.1) is 23.9 Å². The van der Waals surface area contributed by atoms with Gasteiger partial charge in [-0.15, -0.1) is 11.3 Å². The summed E-state index contributed by atoms with van der Waals surface area (Å²) in [6.07, 6.45) is 3.94. The second kappa shape index (κ2) is 7.96. The summed E-state index contributed by atoms with van der Waals surface area (Å²) >= 11 is 1.51. The van der Waals surface area contributed by atoms with Crippen molar-refractivity contribution in [1.82, 2.24) is 19.6 Å². The van der Waals surface area contributed by atoms with E-state index in [4.69, 9.17) is 4.52 Å². The van der Waals surface area contributed by atoms with Crippen molar-refractivity contribution in [3.05, 3.63) is 44.6 Å². The van der Waals surface area contributed by atoms with Crippen LogP contribution in [-0.4, -0.2) is 49.3 Å². The Morgan fingerprint density at radius 1 is 1.33 bits per heavy atom. The molecule has 0 unspecified atom stereocenters. The van der Waals surface area contributed by atoms with Gasteiger partial charge in [0, 0.05) is 30.5 Å². The second-order valence-electron chi connectivity index (χ2n) is 8.09. The number of aryl methyl sites for hydroxylation is 3. The van der Waals surface area contributed by atoms with Crippen LogP contribution >= 0.6 is 11.3 Å². The van der Waals surface area contributed by atoms with Gasteiger partial charge in [-0.3, -0.25) is 14.2 Å². The molecule has 1 aliphatic rings. The lowest BCUT2D eigenvalue weighted by molar-refractivity contribution is -0.0301. The van der Waals surface area contributed by atoms with Crippen molar-refractivity contribution in [3.8, 4) is 0 Å². The van der Waals surface area contributed by atoms with E-state index in [2.05, 4.69) is 10.1 Å². The van der Waals surface area contributed by atoms with E-state index in [9.17, 15) is 14.7 Å². The van der Waals surface area contributed by atoms with Crippen LogP contribution in [0.4, 0.5) is 0 Å². The Labute approximate surface area is 178 Å². The molecule has 0 aromatic carbocycles. The summed E-state index contributed by atoms with van der Waals surface area (Å²) in [7, 11) is 0. The van der Waals surface area contributed by atoms with Crippen molar-refractivity contribution in [3.63, 3.8) is 0 Å². The first-order chi connectivity index (χ1) is 14.3. The van der Waals surface area contributed by atoms with Crippen molar-refractivity contribution in [2.24, 2.45) is 0 Å². The molecule has 30 heavy (non-hydrogen) atoms. The second-order valence-corrected chi connectivity index (χ2v) is 9.29. The number of piperidine rings is 1. The van der Waals surface area contributed by atoms with Crippen LogP contribution < -0.4 is 5.56 Å². The van der Waals surface area contributed by atoms with E-state index in [0.717, 1.165) is 28.1 Å². The molecule has 1 aliphatic heterocycles. The number of rotatable bonds is 5. The predicted molar refractivity (Wildman–Crippen MR) is 114 cm³/mol. The Hall–Kier alpha value is -2.52. The van der Waals surface area contributed by atoms with Crippen molar-refractivity contribution in [2.75, 3.05) is 13.1 Å². The van der Waals surface area contributed by atoms with Crippen LogP contribution in [-0.2, 0) is 13.0 Å². The smallest absolute Gasteiger partial charge is 0.276 e. The molecule has 0 spiro atoms. The highest BCUT2D eigenvalue weighted by atomic mass is 32.1. The number of fused-ring (bicyclic) bond motifs is 1. The van der Waals surface area contributed by atoms with E-state index in [1.54, 1.807) is 11.0 Å². The molecule has 0 saturated carbocycles. The summed E-state index contributed by atoms with van der Waals surface area (Å²) in [6.45, 7) is 6.89. The van der Waals surface area contributed by atoms with Crippen molar-refractivity contribution >= 4 is 27.5 Å². The summed E-state index contributed by atoms with van der Waals surface area (Å²) in [5.74, 6) is 0.517. The summed E-state index contributed by atoms with van der Waals surface area (Å²) in [4.78, 5) is 33.5. The first-order valence-corrected chi connectivity index (χ1v) is 11.1. The molecule has 0 atom stereocenters. The molecular formula is C21H26N4O4S. The van der Waals surface area contributed by atoms with Gasteiger partial charge >= 0.3 is 0 Å². The number of hydrogen-bond donors (Lipinski definition) is 1. The maximum Gasteiger partial charge on any atom is 0.276 e. The topological polar surface area (TPSA) is 101 Å². The first kappa shape index (κ1) is 20.7. The van der Waals surface area contributed by atoms with Crippen LogP contribution in [0.3, 0.4) is 0 Å². The van der Waals surface area contributed by atoms with Crippen molar-refractivity contribution in [1.29, 1.82) is 0 Å². The summed E-state index contributed by atoms with van der Waals surface area (Å²) in [5, 5.41) is 15.6. The molecule has 4 heterocycles. The molecule has 9 heteroatoms. The zero-order valence-electron chi connectivity index (χ0n) is 17.5. The van der Waals surface area contributed by atoms with E-state index in [0.29, 0.717) is 42.8 Å². The Morgan fingerprint density at radius 3 is 2.77 bits per heavy atom. The van der Waals surface area contributed by atoms with Crippen LogP contribution in [0, 0.1) is 13.8 Å². The molecule has 1 saturated heterocycles. The van der Waals surface area contributed by atoms with Crippen LogP contribution in [0.1, 0.15) is 52.9 Å². The minimum absolute atomic E-state index is 0.125. The van der Waals surface area contributed by atoms with Crippen LogP contribution in [0.2, 0.25) is 0 Å². The molecular weight excluding hydrogens is 404 g/mol. The van der Waals surface area contributed by atoms with Gasteiger partial charge in [0.15, 0.2) is 5.69 Å². The number of aliphatic hydroxyl groups is 1. The normalized spacial score (nSPS) is 16.3. The highest BCUT2D eigenvalue weighted by molar-refractivity contribution is 7.18. The third-order valence-corrected chi connectivity index (χ3v) is 6.99. The molecule has 8 nitrogen and oxygen atoms in total. The molecule has 1 fully saturated rings. The zero-order chi connectivity index (χ0) is 21.5. The van der Waals surface area contributed by atoms with Gasteiger partial charge in [0.2, 0.25) is 0 Å². The number of likely N-dealkylation sites (tertiary alicyclic amines) is 1. The monoisotopic (exact) mass is 430 g/mol. The van der Waals surface area contributed by atoms with E-state index >= 15 is 0 Å². The van der Waals surface area contributed by atoms with E-state index in [1.807, 2.05) is 20.8 Å². The minimum atomic E-state index is -1.06. The van der Waals surface area contributed by atoms with E-state index < -0.39 is 5.60 Å². The average Bonchev–Trinajstić information content (AvgIpc) is 3.30. The number of carbonyl (C=O) groups excluding carboxylic acids is 1. The number of hydrogen-bond acceptors (Lipinski definition) is 7. The van der Waals surface area contributed by atoms with Gasteiger partial charge < -0.3 is 14.5 Å². The predicted octanol–water partition coefficient (Wildman–Crippen LogP) is 2.68. The molecule has 0 aliphatic carbocycles.